The van der Waals surface area contributed by atoms with Gasteiger partial charge < -0.3 is 5.11 Å². The van der Waals surface area contributed by atoms with Crippen molar-refractivity contribution in [3.05, 3.63) is 16.1 Å². The van der Waals surface area contributed by atoms with E-state index in [9.17, 15) is 0 Å². The van der Waals surface area contributed by atoms with Gasteiger partial charge in [0.25, 0.3) is 0 Å². The number of aliphatic hydroxyl groups excluding tert-OH is 1. The lowest BCUT2D eigenvalue weighted by atomic mass is 10.5. The Morgan fingerprint density at radius 1 is 1.78 bits per heavy atom. The average Bonchev–Trinajstić information content (AvgIpc) is 2.17. The van der Waals surface area contributed by atoms with Crippen LogP contribution in [0.5, 0.6) is 0 Å². The number of thiazole rings is 1. The zero-order valence-electron chi connectivity index (χ0n) is 5.29. The normalized spacial score (nSPS) is 10.0. The molecule has 1 aromatic rings. The van der Waals surface area contributed by atoms with Crippen LogP contribution in [0.25, 0.3) is 0 Å². The van der Waals surface area contributed by atoms with Crippen molar-refractivity contribution < 1.29 is 5.11 Å². The molecular formula is C6H9NOS. The Bertz CT molecular complexity index is 185. The summed E-state index contributed by atoms with van der Waals surface area (Å²) in [5, 5.41) is 11.5. The van der Waals surface area contributed by atoms with E-state index in [0.29, 0.717) is 6.42 Å². The van der Waals surface area contributed by atoms with Gasteiger partial charge in [-0.1, -0.05) is 0 Å². The predicted molar refractivity (Wildman–Crippen MR) is 37.6 cm³/mol. The molecule has 0 saturated heterocycles. The third-order valence-corrected chi connectivity index (χ3v) is 2.02. The first kappa shape index (κ1) is 6.71. The Morgan fingerprint density at radius 3 is 3.00 bits per heavy atom. The molecule has 0 bridgehead atoms. The van der Waals surface area contributed by atoms with Crippen molar-refractivity contribution >= 4 is 11.3 Å². The van der Waals surface area contributed by atoms with Crippen LogP contribution in [0.4, 0.5) is 0 Å². The average molecular weight is 143 g/mol. The molecule has 0 unspecified atom stereocenters. The second-order valence-corrected chi connectivity index (χ2v) is 2.80. The Morgan fingerprint density at radius 2 is 2.56 bits per heavy atom. The molecule has 0 aliphatic carbocycles. The van der Waals surface area contributed by atoms with Gasteiger partial charge in [0, 0.05) is 24.1 Å². The predicted octanol–water partition coefficient (Wildman–Crippen LogP) is 0.986. The summed E-state index contributed by atoms with van der Waals surface area (Å²) in [6.45, 7) is 2.16. The van der Waals surface area contributed by atoms with E-state index in [1.807, 2.05) is 12.3 Å². The van der Waals surface area contributed by atoms with Gasteiger partial charge in [-0.3, -0.25) is 0 Å². The van der Waals surface area contributed by atoms with Crippen molar-refractivity contribution in [3.63, 3.8) is 0 Å². The van der Waals surface area contributed by atoms with Crippen LogP contribution in [0.15, 0.2) is 5.38 Å². The molecule has 0 amide bonds. The van der Waals surface area contributed by atoms with Gasteiger partial charge in [-0.25, -0.2) is 4.98 Å². The van der Waals surface area contributed by atoms with Crippen molar-refractivity contribution in [2.24, 2.45) is 0 Å². The highest BCUT2D eigenvalue weighted by Crippen LogP contribution is 2.07. The standard InChI is InChI=1S/C6H9NOS/c1-5-4-9-6(7-5)2-3-8/h4,8H,2-3H2,1H3. The molecule has 0 atom stereocenters. The first-order valence-corrected chi connectivity index (χ1v) is 3.73. The highest BCUT2D eigenvalue weighted by Gasteiger charge is 1.94. The van der Waals surface area contributed by atoms with Crippen LogP contribution in [-0.2, 0) is 6.42 Å². The van der Waals surface area contributed by atoms with Crippen LogP contribution in [-0.4, -0.2) is 16.7 Å². The smallest absolute Gasteiger partial charge is 0.0950 e. The monoisotopic (exact) mass is 143 g/mol. The van der Waals surface area contributed by atoms with Gasteiger partial charge in [-0.05, 0) is 6.92 Å². The number of aromatic nitrogens is 1. The minimum atomic E-state index is 0.201. The lowest BCUT2D eigenvalue weighted by Crippen LogP contribution is -1.88. The second kappa shape index (κ2) is 2.94. The van der Waals surface area contributed by atoms with E-state index >= 15 is 0 Å². The van der Waals surface area contributed by atoms with Gasteiger partial charge in [-0.2, -0.15) is 0 Å². The second-order valence-electron chi connectivity index (χ2n) is 1.86. The third-order valence-electron chi connectivity index (χ3n) is 0.992. The van der Waals surface area contributed by atoms with Crippen molar-refractivity contribution in [3.8, 4) is 0 Å². The Hall–Kier alpha value is -0.410. The molecule has 1 heterocycles. The Kier molecular flexibility index (Phi) is 2.19. The highest BCUT2D eigenvalue weighted by molar-refractivity contribution is 7.09. The number of aliphatic hydroxyl groups is 1. The first-order chi connectivity index (χ1) is 4.33. The number of hydrogen-bond acceptors (Lipinski definition) is 3. The molecule has 1 N–H and O–H groups in total. The van der Waals surface area contributed by atoms with E-state index in [-0.39, 0.29) is 6.61 Å². The zero-order chi connectivity index (χ0) is 6.69. The van der Waals surface area contributed by atoms with E-state index in [2.05, 4.69) is 4.98 Å². The molecule has 3 heteroatoms. The van der Waals surface area contributed by atoms with E-state index < -0.39 is 0 Å². The molecular weight excluding hydrogens is 134 g/mol. The van der Waals surface area contributed by atoms with E-state index in [4.69, 9.17) is 5.11 Å². The molecule has 0 spiro atoms. The van der Waals surface area contributed by atoms with E-state index in [0.717, 1.165) is 10.7 Å². The molecule has 1 aromatic heterocycles. The molecule has 0 fully saturated rings. The zero-order valence-corrected chi connectivity index (χ0v) is 6.11. The molecule has 50 valence electrons. The fraction of sp³-hybridized carbons (Fsp3) is 0.500. The Labute approximate surface area is 58.2 Å². The van der Waals surface area contributed by atoms with E-state index in [1.165, 1.54) is 0 Å². The number of aryl methyl sites for hydroxylation is 1. The van der Waals surface area contributed by atoms with Crippen molar-refractivity contribution in [2.45, 2.75) is 13.3 Å². The van der Waals surface area contributed by atoms with Crippen molar-refractivity contribution in [1.82, 2.24) is 4.98 Å². The maximum Gasteiger partial charge on any atom is 0.0950 e. The molecule has 0 radical (unpaired) electrons. The fourth-order valence-corrected chi connectivity index (χ4v) is 1.38. The highest BCUT2D eigenvalue weighted by atomic mass is 32.1. The summed E-state index contributed by atoms with van der Waals surface area (Å²) in [4.78, 5) is 4.16. The minimum absolute atomic E-state index is 0.201. The van der Waals surface area contributed by atoms with Crippen LogP contribution in [0.3, 0.4) is 0 Å². The summed E-state index contributed by atoms with van der Waals surface area (Å²) in [5.74, 6) is 0. The molecule has 0 aliphatic heterocycles. The van der Waals surface area contributed by atoms with Gasteiger partial charge in [-0.15, -0.1) is 11.3 Å². The van der Waals surface area contributed by atoms with Crippen LogP contribution >= 0.6 is 11.3 Å². The summed E-state index contributed by atoms with van der Waals surface area (Å²) in [6.07, 6.45) is 0.693. The van der Waals surface area contributed by atoms with Gasteiger partial charge >= 0.3 is 0 Å². The van der Waals surface area contributed by atoms with Crippen LogP contribution in [0.2, 0.25) is 0 Å². The van der Waals surface area contributed by atoms with Crippen LogP contribution < -0.4 is 0 Å². The molecule has 2 nitrogen and oxygen atoms in total. The lowest BCUT2D eigenvalue weighted by molar-refractivity contribution is 0.299. The molecule has 0 aromatic carbocycles. The summed E-state index contributed by atoms with van der Waals surface area (Å²) < 4.78 is 0. The quantitative estimate of drug-likeness (QED) is 0.669. The molecule has 0 saturated carbocycles. The van der Waals surface area contributed by atoms with Crippen LogP contribution in [0, 0.1) is 6.92 Å². The third kappa shape index (κ3) is 1.77. The summed E-state index contributed by atoms with van der Waals surface area (Å²) in [5.41, 5.74) is 1.04. The van der Waals surface area contributed by atoms with Crippen LogP contribution in [0.1, 0.15) is 10.7 Å². The van der Waals surface area contributed by atoms with Gasteiger partial charge in [0.05, 0.1) is 5.01 Å². The summed E-state index contributed by atoms with van der Waals surface area (Å²) in [6, 6.07) is 0. The Balaban J connectivity index is 2.61. The number of nitrogens with zero attached hydrogens (tertiary/aromatic N) is 1. The minimum Gasteiger partial charge on any atom is -0.396 e. The van der Waals surface area contributed by atoms with E-state index in [1.54, 1.807) is 11.3 Å². The topological polar surface area (TPSA) is 33.1 Å². The maximum atomic E-state index is 8.50. The fourth-order valence-electron chi connectivity index (χ4n) is 0.613. The van der Waals surface area contributed by atoms with Gasteiger partial charge in [0.1, 0.15) is 0 Å². The van der Waals surface area contributed by atoms with Crippen molar-refractivity contribution in [1.29, 1.82) is 0 Å². The van der Waals surface area contributed by atoms with Gasteiger partial charge in [0.2, 0.25) is 0 Å². The lowest BCUT2D eigenvalue weighted by Gasteiger charge is -1.85. The maximum absolute atomic E-state index is 8.50. The van der Waals surface area contributed by atoms with Crippen molar-refractivity contribution in [2.75, 3.05) is 6.61 Å². The molecule has 9 heavy (non-hydrogen) atoms. The summed E-state index contributed by atoms with van der Waals surface area (Å²) >= 11 is 1.60. The number of rotatable bonds is 2. The molecule has 0 aliphatic rings. The SMILES string of the molecule is Cc1csc(CCO)n1. The largest absolute Gasteiger partial charge is 0.396 e. The van der Waals surface area contributed by atoms with Gasteiger partial charge in [0.15, 0.2) is 0 Å². The number of hydrogen-bond donors (Lipinski definition) is 1. The summed E-state index contributed by atoms with van der Waals surface area (Å²) in [7, 11) is 0. The molecule has 1 rings (SSSR count). The first-order valence-electron chi connectivity index (χ1n) is 2.85.